The van der Waals surface area contributed by atoms with Crippen LogP contribution in [-0.4, -0.2) is 29.9 Å². The van der Waals surface area contributed by atoms with Crippen molar-refractivity contribution in [3.63, 3.8) is 0 Å². The Labute approximate surface area is 131 Å². The van der Waals surface area contributed by atoms with Crippen LogP contribution in [-0.2, 0) is 6.42 Å². The number of aromatic hydroxyl groups is 1. The molecule has 0 heterocycles. The lowest BCUT2D eigenvalue weighted by molar-refractivity contribution is 0.170. The number of phenolic OH excluding ortho intramolecular Hbond substituents is 1. The van der Waals surface area contributed by atoms with E-state index in [1.807, 2.05) is 24.3 Å². The van der Waals surface area contributed by atoms with Gasteiger partial charge >= 0.3 is 0 Å². The summed E-state index contributed by atoms with van der Waals surface area (Å²) in [5, 5.41) is 22.6. The number of nitrogens with one attached hydrogen (secondary N) is 1. The number of methoxy groups -OCH3 is 1. The van der Waals surface area contributed by atoms with Crippen LogP contribution in [0, 0.1) is 6.07 Å². The molecule has 1 radical (unpaired) electrons. The standard InChI is InChI=1S/C18H22NO3/c1-13(11-14-3-9-17(22-2)10-4-14)19-12-18(21)15-5-7-16(20)8-6-15/h3-7,9-10,13,18-21H,11-12H2,1-2H3/t13-,18+/m1/s1. The van der Waals surface area contributed by atoms with Gasteiger partial charge in [-0.2, -0.15) is 0 Å². The number of hydrogen-bond donors (Lipinski definition) is 3. The number of hydrogen-bond acceptors (Lipinski definition) is 4. The molecule has 117 valence electrons. The van der Waals surface area contributed by atoms with E-state index in [1.54, 1.807) is 19.2 Å². The minimum absolute atomic E-state index is 0.0804. The molecule has 0 fully saturated rings. The summed E-state index contributed by atoms with van der Waals surface area (Å²) in [6.45, 7) is 2.54. The van der Waals surface area contributed by atoms with Crippen molar-refractivity contribution < 1.29 is 14.9 Å². The molecule has 2 atom stereocenters. The van der Waals surface area contributed by atoms with Gasteiger partial charge in [-0.1, -0.05) is 18.2 Å². The summed E-state index contributed by atoms with van der Waals surface area (Å²) in [7, 11) is 1.65. The van der Waals surface area contributed by atoms with Gasteiger partial charge in [0.15, 0.2) is 0 Å². The van der Waals surface area contributed by atoms with Gasteiger partial charge in [-0.15, -0.1) is 0 Å². The predicted octanol–water partition coefficient (Wildman–Crippen LogP) is 2.46. The number of benzene rings is 2. The van der Waals surface area contributed by atoms with Gasteiger partial charge in [-0.3, -0.25) is 0 Å². The summed E-state index contributed by atoms with van der Waals surface area (Å²) in [6, 6.07) is 15.7. The van der Waals surface area contributed by atoms with Crippen molar-refractivity contribution in [3.8, 4) is 11.5 Å². The van der Waals surface area contributed by atoms with Gasteiger partial charge in [0.2, 0.25) is 0 Å². The van der Waals surface area contributed by atoms with E-state index in [2.05, 4.69) is 18.3 Å². The Morgan fingerprint density at radius 2 is 1.91 bits per heavy atom. The van der Waals surface area contributed by atoms with E-state index < -0.39 is 6.10 Å². The van der Waals surface area contributed by atoms with Crippen LogP contribution in [0.15, 0.2) is 42.5 Å². The van der Waals surface area contributed by atoms with Crippen molar-refractivity contribution in [2.24, 2.45) is 0 Å². The van der Waals surface area contributed by atoms with Gasteiger partial charge in [-0.05, 0) is 48.7 Å². The Kier molecular flexibility index (Phi) is 5.81. The summed E-state index contributed by atoms with van der Waals surface area (Å²) in [5.41, 5.74) is 1.95. The van der Waals surface area contributed by atoms with E-state index in [0.717, 1.165) is 17.7 Å². The van der Waals surface area contributed by atoms with E-state index in [4.69, 9.17) is 4.74 Å². The molecule has 2 rings (SSSR count). The molecule has 0 aliphatic carbocycles. The van der Waals surface area contributed by atoms with Crippen LogP contribution in [0.1, 0.15) is 24.2 Å². The number of aliphatic hydroxyl groups excluding tert-OH is 1. The highest BCUT2D eigenvalue weighted by Crippen LogP contribution is 2.16. The van der Waals surface area contributed by atoms with E-state index in [1.165, 1.54) is 11.6 Å². The Morgan fingerprint density at radius 3 is 2.50 bits per heavy atom. The van der Waals surface area contributed by atoms with Gasteiger partial charge in [-0.25, -0.2) is 0 Å². The molecule has 0 unspecified atom stereocenters. The molecule has 0 amide bonds. The Balaban J connectivity index is 1.81. The van der Waals surface area contributed by atoms with E-state index in [-0.39, 0.29) is 11.8 Å². The van der Waals surface area contributed by atoms with Gasteiger partial charge in [0.25, 0.3) is 0 Å². The van der Waals surface area contributed by atoms with Crippen molar-refractivity contribution in [1.29, 1.82) is 0 Å². The molecule has 0 saturated carbocycles. The summed E-state index contributed by atoms with van der Waals surface area (Å²) in [5.74, 6) is 0.931. The number of rotatable bonds is 7. The average Bonchev–Trinajstić information content (AvgIpc) is 2.54. The zero-order valence-electron chi connectivity index (χ0n) is 12.9. The van der Waals surface area contributed by atoms with Crippen LogP contribution in [0.4, 0.5) is 0 Å². The fourth-order valence-corrected chi connectivity index (χ4v) is 2.25. The molecule has 0 spiro atoms. The first-order valence-corrected chi connectivity index (χ1v) is 7.33. The summed E-state index contributed by atoms with van der Waals surface area (Å²) in [4.78, 5) is 0. The maximum Gasteiger partial charge on any atom is 0.123 e. The Morgan fingerprint density at radius 1 is 1.18 bits per heavy atom. The monoisotopic (exact) mass is 300 g/mol. The third-order valence-corrected chi connectivity index (χ3v) is 3.57. The Bertz CT molecular complexity index is 566. The largest absolute Gasteiger partial charge is 0.507 e. The van der Waals surface area contributed by atoms with E-state index in [0.29, 0.717) is 6.54 Å². The first kappa shape index (κ1) is 16.3. The maximum atomic E-state index is 10.1. The Hall–Kier alpha value is -2.04. The van der Waals surface area contributed by atoms with Crippen LogP contribution in [0.5, 0.6) is 11.5 Å². The second kappa shape index (κ2) is 7.82. The van der Waals surface area contributed by atoms with Gasteiger partial charge < -0.3 is 20.3 Å². The first-order valence-electron chi connectivity index (χ1n) is 7.33. The molecule has 2 aromatic carbocycles. The smallest absolute Gasteiger partial charge is 0.123 e. The van der Waals surface area contributed by atoms with Crippen molar-refractivity contribution >= 4 is 0 Å². The van der Waals surface area contributed by atoms with Crippen molar-refractivity contribution in [1.82, 2.24) is 5.32 Å². The van der Waals surface area contributed by atoms with Crippen LogP contribution in [0.3, 0.4) is 0 Å². The highest BCUT2D eigenvalue weighted by Gasteiger charge is 2.10. The molecule has 0 aromatic heterocycles. The lowest BCUT2D eigenvalue weighted by Gasteiger charge is -2.17. The molecule has 4 nitrogen and oxygen atoms in total. The quantitative estimate of drug-likeness (QED) is 0.735. The summed E-state index contributed by atoms with van der Waals surface area (Å²) in [6.07, 6.45) is 0.258. The molecule has 0 saturated heterocycles. The molecule has 22 heavy (non-hydrogen) atoms. The third kappa shape index (κ3) is 4.76. The first-order chi connectivity index (χ1) is 10.6. The second-order valence-corrected chi connectivity index (χ2v) is 5.38. The number of ether oxygens (including phenoxy) is 1. The highest BCUT2D eigenvalue weighted by atomic mass is 16.5. The van der Waals surface area contributed by atoms with Crippen LogP contribution >= 0.6 is 0 Å². The van der Waals surface area contributed by atoms with Crippen molar-refractivity contribution in [2.45, 2.75) is 25.5 Å². The summed E-state index contributed by atoms with van der Waals surface area (Å²) < 4.78 is 5.14. The SMILES string of the molecule is COc1ccc(C[C@@H](C)NC[C@H](O)c2c[c]c(O)cc2)cc1. The molecule has 3 N–H and O–H groups in total. The van der Waals surface area contributed by atoms with E-state index >= 15 is 0 Å². The van der Waals surface area contributed by atoms with Crippen LogP contribution < -0.4 is 10.1 Å². The minimum atomic E-state index is -0.616. The molecular weight excluding hydrogens is 278 g/mol. The van der Waals surface area contributed by atoms with Crippen LogP contribution in [0.25, 0.3) is 0 Å². The molecule has 4 heteroatoms. The fourth-order valence-electron chi connectivity index (χ4n) is 2.25. The van der Waals surface area contributed by atoms with Gasteiger partial charge in [0.05, 0.1) is 13.2 Å². The maximum absolute atomic E-state index is 10.1. The third-order valence-electron chi connectivity index (χ3n) is 3.57. The molecule has 2 aromatic rings. The molecule has 0 bridgehead atoms. The fraction of sp³-hybridized carbons (Fsp3) is 0.333. The number of phenols is 1. The lowest BCUT2D eigenvalue weighted by atomic mass is 10.1. The predicted molar refractivity (Wildman–Crippen MR) is 86.1 cm³/mol. The summed E-state index contributed by atoms with van der Waals surface area (Å²) >= 11 is 0. The molecule has 0 aliphatic heterocycles. The highest BCUT2D eigenvalue weighted by molar-refractivity contribution is 5.28. The van der Waals surface area contributed by atoms with Gasteiger partial charge in [0, 0.05) is 18.7 Å². The van der Waals surface area contributed by atoms with Crippen LogP contribution in [0.2, 0.25) is 0 Å². The second-order valence-electron chi connectivity index (χ2n) is 5.38. The van der Waals surface area contributed by atoms with Crippen molar-refractivity contribution in [3.05, 3.63) is 59.7 Å². The topological polar surface area (TPSA) is 61.7 Å². The van der Waals surface area contributed by atoms with Crippen molar-refractivity contribution in [2.75, 3.05) is 13.7 Å². The number of aliphatic hydroxyl groups is 1. The molecule has 0 aliphatic rings. The normalized spacial score (nSPS) is 13.6. The molecular formula is C18H22NO3. The van der Waals surface area contributed by atoms with E-state index in [9.17, 15) is 10.2 Å². The van der Waals surface area contributed by atoms with Gasteiger partial charge in [0.1, 0.15) is 11.5 Å². The zero-order valence-corrected chi connectivity index (χ0v) is 12.9. The zero-order chi connectivity index (χ0) is 15.9. The minimum Gasteiger partial charge on any atom is -0.507 e. The average molecular weight is 300 g/mol. The lowest BCUT2D eigenvalue weighted by Crippen LogP contribution is -2.32.